The Morgan fingerprint density at radius 3 is 2.25 bits per heavy atom. The van der Waals surface area contributed by atoms with Gasteiger partial charge in [0.25, 0.3) is 0 Å². The summed E-state index contributed by atoms with van der Waals surface area (Å²) in [6.45, 7) is 8.40. The first kappa shape index (κ1) is 15.4. The molecule has 1 radical (unpaired) electrons. The highest BCUT2D eigenvalue weighted by Crippen LogP contribution is 2.34. The van der Waals surface area contributed by atoms with E-state index in [1.54, 1.807) is 6.07 Å². The number of piperidine rings is 1. The lowest BCUT2D eigenvalue weighted by Gasteiger charge is -2.41. The smallest absolute Gasteiger partial charge is 0.298 e. The summed E-state index contributed by atoms with van der Waals surface area (Å²) in [4.78, 5) is 2.39. The molecule has 0 saturated carbocycles. The lowest BCUT2D eigenvalue weighted by molar-refractivity contribution is -0.137. The van der Waals surface area contributed by atoms with Crippen LogP contribution in [0.25, 0.3) is 0 Å². The van der Waals surface area contributed by atoms with E-state index in [-0.39, 0.29) is 11.5 Å². The van der Waals surface area contributed by atoms with Crippen LogP contribution in [-0.4, -0.2) is 23.5 Å². The van der Waals surface area contributed by atoms with Gasteiger partial charge in [0, 0.05) is 5.54 Å². The summed E-state index contributed by atoms with van der Waals surface area (Å²) in [6.07, 6.45) is -2.47. The van der Waals surface area contributed by atoms with Crippen molar-refractivity contribution in [2.75, 3.05) is 13.1 Å². The van der Waals surface area contributed by atoms with E-state index >= 15 is 0 Å². The van der Waals surface area contributed by atoms with Crippen molar-refractivity contribution in [2.24, 2.45) is 0 Å². The van der Waals surface area contributed by atoms with Gasteiger partial charge < -0.3 is 0 Å². The first-order valence-corrected chi connectivity index (χ1v) is 7.02. The number of nitrogens with zero attached hydrogens (tertiary/aromatic N) is 1. The quantitative estimate of drug-likeness (QED) is 0.734. The van der Waals surface area contributed by atoms with Gasteiger partial charge in [-0.3, -0.25) is 4.90 Å². The van der Waals surface area contributed by atoms with Gasteiger partial charge in [0.2, 0.25) is 0 Å². The van der Waals surface area contributed by atoms with E-state index in [1.807, 2.05) is 0 Å². The molecule has 1 fully saturated rings. The fourth-order valence-corrected chi connectivity index (χ4v) is 2.79. The molecule has 1 aliphatic rings. The molecule has 4 heteroatoms. The summed E-state index contributed by atoms with van der Waals surface area (Å²) < 4.78 is 38.1. The highest BCUT2D eigenvalue weighted by Gasteiger charge is 2.32. The number of hydrogen-bond donors (Lipinski definition) is 0. The predicted octanol–water partition coefficient (Wildman–Crippen LogP) is 4.48. The van der Waals surface area contributed by atoms with Crippen molar-refractivity contribution in [3.63, 3.8) is 0 Å². The largest absolute Gasteiger partial charge is 0.417 e. The van der Waals surface area contributed by atoms with Crippen molar-refractivity contribution >= 4 is 0 Å². The highest BCUT2D eigenvalue weighted by molar-refractivity contribution is 5.27. The molecule has 1 aromatic rings. The van der Waals surface area contributed by atoms with Gasteiger partial charge in [-0.15, -0.1) is 0 Å². The van der Waals surface area contributed by atoms with Crippen LogP contribution < -0.4 is 0 Å². The SMILES string of the molecule is CC(C)(C)N1CCC(c2cc[c]c(C(F)(F)F)c2)CC1. The fraction of sp³-hybridized carbons (Fsp3) is 0.625. The topological polar surface area (TPSA) is 3.24 Å². The maximum absolute atomic E-state index is 12.7. The van der Waals surface area contributed by atoms with Crippen molar-refractivity contribution in [3.8, 4) is 0 Å². The maximum atomic E-state index is 12.7. The summed E-state index contributed by atoms with van der Waals surface area (Å²) in [7, 11) is 0. The zero-order chi connectivity index (χ0) is 15.0. The summed E-state index contributed by atoms with van der Waals surface area (Å²) in [5.74, 6) is 0.226. The van der Waals surface area contributed by atoms with Crippen LogP contribution in [0.1, 0.15) is 50.7 Å². The van der Waals surface area contributed by atoms with Crippen LogP contribution >= 0.6 is 0 Å². The molecule has 0 unspecified atom stereocenters. The molecule has 0 aromatic heterocycles. The molecule has 1 heterocycles. The lowest BCUT2D eigenvalue weighted by Crippen LogP contribution is -2.45. The third-order valence-corrected chi connectivity index (χ3v) is 4.05. The number of benzene rings is 1. The predicted molar refractivity (Wildman–Crippen MR) is 73.6 cm³/mol. The fourth-order valence-electron chi connectivity index (χ4n) is 2.79. The Balaban J connectivity index is 2.08. The molecule has 20 heavy (non-hydrogen) atoms. The Kier molecular flexibility index (Phi) is 4.14. The van der Waals surface area contributed by atoms with E-state index in [0.717, 1.165) is 31.5 Å². The van der Waals surface area contributed by atoms with Crippen LogP contribution in [0.15, 0.2) is 18.2 Å². The van der Waals surface area contributed by atoms with Crippen LogP contribution in [0.4, 0.5) is 13.2 Å². The molecule has 0 aliphatic carbocycles. The number of alkyl halides is 3. The molecule has 1 nitrogen and oxygen atoms in total. The van der Waals surface area contributed by atoms with Gasteiger partial charge in [-0.1, -0.05) is 12.1 Å². The van der Waals surface area contributed by atoms with Crippen molar-refractivity contribution in [1.29, 1.82) is 0 Å². The molecule has 1 saturated heterocycles. The van der Waals surface area contributed by atoms with Gasteiger partial charge >= 0.3 is 6.18 Å². The monoisotopic (exact) mass is 284 g/mol. The second-order valence-electron chi connectivity index (χ2n) is 6.47. The van der Waals surface area contributed by atoms with Gasteiger partial charge in [-0.2, -0.15) is 13.2 Å². The summed E-state index contributed by atoms with van der Waals surface area (Å²) >= 11 is 0. The Hall–Kier alpha value is -1.03. The van der Waals surface area contributed by atoms with Gasteiger partial charge in [0.1, 0.15) is 0 Å². The van der Waals surface area contributed by atoms with Crippen LogP contribution in [0.5, 0.6) is 0 Å². The molecular formula is C16H21F3N. The molecular weight excluding hydrogens is 263 g/mol. The minimum Gasteiger partial charge on any atom is -0.298 e. The van der Waals surface area contributed by atoms with Crippen LogP contribution in [0, 0.1) is 6.07 Å². The van der Waals surface area contributed by atoms with Crippen molar-refractivity contribution in [2.45, 2.75) is 51.2 Å². The molecule has 2 rings (SSSR count). The molecule has 0 bridgehead atoms. The third-order valence-electron chi connectivity index (χ3n) is 4.05. The molecule has 1 aliphatic heterocycles. The van der Waals surface area contributed by atoms with Crippen molar-refractivity contribution in [1.82, 2.24) is 4.90 Å². The molecule has 0 spiro atoms. The highest BCUT2D eigenvalue weighted by atomic mass is 19.4. The summed E-state index contributed by atoms with van der Waals surface area (Å²) in [5, 5.41) is 0. The normalized spacial score (nSPS) is 19.3. The van der Waals surface area contributed by atoms with Gasteiger partial charge in [0.15, 0.2) is 0 Å². The average molecular weight is 284 g/mol. The second-order valence-corrected chi connectivity index (χ2v) is 6.47. The molecule has 0 atom stereocenters. The number of likely N-dealkylation sites (tertiary alicyclic amines) is 1. The Labute approximate surface area is 118 Å². The van der Waals surface area contributed by atoms with Crippen LogP contribution in [0.2, 0.25) is 0 Å². The average Bonchev–Trinajstić information content (AvgIpc) is 2.37. The molecule has 0 N–H and O–H groups in total. The Bertz CT molecular complexity index is 452. The lowest BCUT2D eigenvalue weighted by atomic mass is 9.87. The van der Waals surface area contributed by atoms with E-state index in [1.165, 1.54) is 12.1 Å². The van der Waals surface area contributed by atoms with E-state index in [2.05, 4.69) is 31.7 Å². The summed E-state index contributed by atoms with van der Waals surface area (Å²) in [5.41, 5.74) is 0.268. The molecule has 1 aromatic carbocycles. The Morgan fingerprint density at radius 1 is 1.15 bits per heavy atom. The minimum absolute atomic E-state index is 0.132. The van der Waals surface area contributed by atoms with E-state index < -0.39 is 11.7 Å². The molecule has 111 valence electrons. The number of rotatable bonds is 1. The number of hydrogen-bond acceptors (Lipinski definition) is 1. The third kappa shape index (κ3) is 3.54. The maximum Gasteiger partial charge on any atom is 0.417 e. The zero-order valence-electron chi connectivity index (χ0n) is 12.2. The van der Waals surface area contributed by atoms with E-state index in [0.29, 0.717) is 0 Å². The first-order chi connectivity index (χ1) is 9.18. The standard InChI is InChI=1S/C16H21F3N/c1-15(2,3)20-9-7-12(8-10-20)13-5-4-6-14(11-13)16(17,18)19/h4-5,11-12H,7-10H2,1-3H3. The van der Waals surface area contributed by atoms with Crippen molar-refractivity contribution < 1.29 is 13.2 Å². The van der Waals surface area contributed by atoms with Crippen LogP contribution in [0.3, 0.4) is 0 Å². The number of halogens is 3. The second kappa shape index (κ2) is 5.40. The zero-order valence-corrected chi connectivity index (χ0v) is 12.2. The minimum atomic E-state index is -4.30. The van der Waals surface area contributed by atoms with Gasteiger partial charge in [-0.05, 0) is 70.3 Å². The van der Waals surface area contributed by atoms with E-state index in [4.69, 9.17) is 0 Å². The molecule has 0 amide bonds. The summed E-state index contributed by atoms with van der Waals surface area (Å²) in [6, 6.07) is 6.71. The van der Waals surface area contributed by atoms with Gasteiger partial charge in [-0.25, -0.2) is 0 Å². The van der Waals surface area contributed by atoms with Crippen molar-refractivity contribution in [3.05, 3.63) is 35.4 Å². The first-order valence-electron chi connectivity index (χ1n) is 7.02. The van der Waals surface area contributed by atoms with Gasteiger partial charge in [0.05, 0.1) is 5.56 Å². The van der Waals surface area contributed by atoms with Crippen LogP contribution in [-0.2, 0) is 6.18 Å². The van der Waals surface area contributed by atoms with E-state index in [9.17, 15) is 13.2 Å². The Morgan fingerprint density at radius 2 is 1.75 bits per heavy atom.